The van der Waals surface area contributed by atoms with Gasteiger partial charge in [0.25, 0.3) is 5.91 Å². The van der Waals surface area contributed by atoms with Gasteiger partial charge in [-0.3, -0.25) is 4.79 Å². The number of hydrogen-bond donors (Lipinski definition) is 1. The normalized spacial score (nSPS) is 15.0. The third-order valence-electron chi connectivity index (χ3n) is 4.67. The molecule has 0 bridgehead atoms. The van der Waals surface area contributed by atoms with Crippen LogP contribution >= 0.6 is 0 Å². The molecule has 1 N–H and O–H groups in total. The van der Waals surface area contributed by atoms with Crippen LogP contribution in [0.1, 0.15) is 37.0 Å². The number of likely N-dealkylation sites (tertiary alicyclic amines) is 1. The Balaban J connectivity index is 1.49. The summed E-state index contributed by atoms with van der Waals surface area (Å²) in [6.07, 6.45) is 5.06. The first-order valence-corrected chi connectivity index (χ1v) is 9.49. The molecule has 0 saturated carbocycles. The lowest BCUT2D eigenvalue weighted by molar-refractivity contribution is 0.0700. The Morgan fingerprint density at radius 1 is 1.11 bits per heavy atom. The summed E-state index contributed by atoms with van der Waals surface area (Å²) < 4.78 is 7.16. The van der Waals surface area contributed by atoms with Crippen LogP contribution in [0, 0.1) is 5.92 Å². The summed E-state index contributed by atoms with van der Waals surface area (Å²) in [6.45, 7) is 5.69. The van der Waals surface area contributed by atoms with Gasteiger partial charge in [0.15, 0.2) is 0 Å². The van der Waals surface area contributed by atoms with Gasteiger partial charge in [-0.05, 0) is 55.2 Å². The van der Waals surface area contributed by atoms with E-state index in [2.05, 4.69) is 5.32 Å². The molecule has 2 heterocycles. The molecule has 1 saturated heterocycles. The molecule has 3 rings (SSSR count). The van der Waals surface area contributed by atoms with Crippen molar-refractivity contribution in [1.82, 2.24) is 14.8 Å². The Bertz CT molecular complexity index is 745. The summed E-state index contributed by atoms with van der Waals surface area (Å²) in [5.41, 5.74) is 1.72. The molecule has 0 unspecified atom stereocenters. The maximum atomic E-state index is 12.7. The molecule has 0 aliphatic carbocycles. The van der Waals surface area contributed by atoms with E-state index >= 15 is 0 Å². The molecule has 0 radical (unpaired) electrons. The molecule has 2 aromatic rings. The smallest absolute Gasteiger partial charge is 0.407 e. The fourth-order valence-electron chi connectivity index (χ4n) is 3.14. The third-order valence-corrected chi connectivity index (χ3v) is 4.67. The number of nitrogens with one attached hydrogen (secondary N) is 1. The average molecular weight is 369 g/mol. The Morgan fingerprint density at radius 3 is 2.33 bits per heavy atom. The Kier molecular flexibility index (Phi) is 6.16. The molecule has 0 atom stereocenters. The lowest BCUT2D eigenvalue weighted by atomic mass is 10.0. The van der Waals surface area contributed by atoms with Crippen LogP contribution in [0.4, 0.5) is 4.79 Å². The summed E-state index contributed by atoms with van der Waals surface area (Å²) >= 11 is 0. The summed E-state index contributed by atoms with van der Waals surface area (Å²) in [5, 5.41) is 2.89. The highest BCUT2D eigenvalue weighted by atomic mass is 16.5. The highest BCUT2D eigenvalue weighted by Crippen LogP contribution is 2.16. The van der Waals surface area contributed by atoms with Crippen LogP contribution in [0.3, 0.4) is 0 Å². The number of rotatable bonds is 5. The molecule has 2 amide bonds. The zero-order valence-electron chi connectivity index (χ0n) is 15.9. The molecular formula is C21H27N3O3. The van der Waals surface area contributed by atoms with E-state index in [9.17, 15) is 9.59 Å². The number of amides is 2. The van der Waals surface area contributed by atoms with E-state index in [1.165, 1.54) is 0 Å². The second-order valence-electron chi connectivity index (χ2n) is 7.34. The monoisotopic (exact) mass is 369 g/mol. The molecule has 1 aliphatic rings. The molecule has 6 heteroatoms. The summed E-state index contributed by atoms with van der Waals surface area (Å²) in [6, 6.07) is 11.6. The van der Waals surface area contributed by atoms with Crippen molar-refractivity contribution >= 4 is 12.0 Å². The zero-order valence-corrected chi connectivity index (χ0v) is 15.9. The van der Waals surface area contributed by atoms with Crippen molar-refractivity contribution in [3.63, 3.8) is 0 Å². The Hall–Kier alpha value is -2.76. The number of alkyl carbamates (subject to hydrolysis) is 1. The van der Waals surface area contributed by atoms with Crippen LogP contribution < -0.4 is 5.32 Å². The maximum absolute atomic E-state index is 12.7. The van der Waals surface area contributed by atoms with Gasteiger partial charge < -0.3 is 19.5 Å². The molecule has 1 fully saturated rings. The van der Waals surface area contributed by atoms with Crippen molar-refractivity contribution < 1.29 is 14.3 Å². The number of carbonyl (C=O) groups is 2. The highest BCUT2D eigenvalue weighted by Gasteiger charge is 2.25. The van der Waals surface area contributed by atoms with Crippen LogP contribution in [-0.4, -0.2) is 47.2 Å². The summed E-state index contributed by atoms with van der Waals surface area (Å²) in [4.78, 5) is 26.3. The minimum atomic E-state index is -0.367. The zero-order chi connectivity index (χ0) is 19.2. The van der Waals surface area contributed by atoms with Crippen molar-refractivity contribution in [1.29, 1.82) is 0 Å². The van der Waals surface area contributed by atoms with Gasteiger partial charge >= 0.3 is 6.09 Å². The second kappa shape index (κ2) is 8.75. The molecular weight excluding hydrogens is 342 g/mol. The molecule has 1 aliphatic heterocycles. The van der Waals surface area contributed by atoms with E-state index in [1.807, 2.05) is 72.1 Å². The maximum Gasteiger partial charge on any atom is 0.407 e. The predicted molar refractivity (Wildman–Crippen MR) is 104 cm³/mol. The van der Waals surface area contributed by atoms with Crippen LogP contribution in [0.2, 0.25) is 0 Å². The molecule has 1 aromatic heterocycles. The number of hydrogen-bond acceptors (Lipinski definition) is 3. The van der Waals surface area contributed by atoms with Gasteiger partial charge in [0, 0.05) is 42.8 Å². The van der Waals surface area contributed by atoms with E-state index in [0.717, 1.165) is 18.5 Å². The van der Waals surface area contributed by atoms with Gasteiger partial charge in [-0.1, -0.05) is 13.8 Å². The van der Waals surface area contributed by atoms with Crippen molar-refractivity contribution in [2.75, 3.05) is 19.7 Å². The van der Waals surface area contributed by atoms with Gasteiger partial charge in [-0.25, -0.2) is 4.79 Å². The van der Waals surface area contributed by atoms with E-state index in [4.69, 9.17) is 4.74 Å². The summed E-state index contributed by atoms with van der Waals surface area (Å²) in [7, 11) is 0. The number of aromatic nitrogens is 1. The van der Waals surface area contributed by atoms with Gasteiger partial charge in [-0.2, -0.15) is 0 Å². The Morgan fingerprint density at radius 2 is 1.74 bits per heavy atom. The van der Waals surface area contributed by atoms with Gasteiger partial charge in [0.2, 0.25) is 0 Å². The Labute approximate surface area is 160 Å². The van der Waals surface area contributed by atoms with Crippen molar-refractivity contribution in [2.24, 2.45) is 5.92 Å². The number of carbonyl (C=O) groups excluding carboxylic acids is 2. The van der Waals surface area contributed by atoms with Gasteiger partial charge in [0.1, 0.15) is 0 Å². The second-order valence-corrected chi connectivity index (χ2v) is 7.34. The molecule has 27 heavy (non-hydrogen) atoms. The number of piperidine rings is 1. The molecule has 0 spiro atoms. The van der Waals surface area contributed by atoms with Crippen LogP contribution in [0.15, 0.2) is 48.8 Å². The lowest BCUT2D eigenvalue weighted by Crippen LogP contribution is -2.46. The van der Waals surface area contributed by atoms with Crippen molar-refractivity contribution in [3.05, 3.63) is 54.4 Å². The number of nitrogens with zero attached hydrogens (tertiary/aromatic N) is 2. The third kappa shape index (κ3) is 5.12. The van der Waals surface area contributed by atoms with Crippen molar-refractivity contribution in [3.8, 4) is 5.69 Å². The molecule has 6 nitrogen and oxygen atoms in total. The van der Waals surface area contributed by atoms with Crippen LogP contribution in [0.25, 0.3) is 5.69 Å². The van der Waals surface area contributed by atoms with Crippen molar-refractivity contribution in [2.45, 2.75) is 32.7 Å². The average Bonchev–Trinajstić information content (AvgIpc) is 3.21. The highest BCUT2D eigenvalue weighted by molar-refractivity contribution is 5.94. The quantitative estimate of drug-likeness (QED) is 0.878. The fraction of sp³-hybridized carbons (Fsp3) is 0.429. The topological polar surface area (TPSA) is 63.6 Å². The summed E-state index contributed by atoms with van der Waals surface area (Å²) in [5.74, 6) is 0.356. The first kappa shape index (κ1) is 19.0. The first-order valence-electron chi connectivity index (χ1n) is 9.49. The lowest BCUT2D eigenvalue weighted by Gasteiger charge is -2.32. The van der Waals surface area contributed by atoms with E-state index in [0.29, 0.717) is 31.2 Å². The predicted octanol–water partition coefficient (Wildman–Crippen LogP) is 3.46. The molecule has 144 valence electrons. The standard InChI is InChI=1S/C21H27N3O3/c1-16(2)15-27-21(26)22-18-9-13-24(14-10-18)20(25)17-5-7-19(8-6-17)23-11-3-4-12-23/h3-8,11-12,16,18H,9-10,13-15H2,1-2H3,(H,22,26). The van der Waals surface area contributed by atoms with Crippen LogP contribution in [-0.2, 0) is 4.74 Å². The van der Waals surface area contributed by atoms with E-state index < -0.39 is 0 Å². The fourth-order valence-corrected chi connectivity index (χ4v) is 3.14. The largest absolute Gasteiger partial charge is 0.449 e. The minimum Gasteiger partial charge on any atom is -0.449 e. The van der Waals surface area contributed by atoms with E-state index in [-0.39, 0.29) is 18.0 Å². The van der Waals surface area contributed by atoms with Crippen LogP contribution in [0.5, 0.6) is 0 Å². The van der Waals surface area contributed by atoms with Gasteiger partial charge in [-0.15, -0.1) is 0 Å². The SMILES string of the molecule is CC(C)COC(=O)NC1CCN(C(=O)c2ccc(-n3cccc3)cc2)CC1. The number of ether oxygens (including phenoxy) is 1. The first-order chi connectivity index (χ1) is 13.0. The van der Waals surface area contributed by atoms with Gasteiger partial charge in [0.05, 0.1) is 6.61 Å². The number of benzene rings is 1. The minimum absolute atomic E-state index is 0.0369. The molecule has 1 aromatic carbocycles. The van der Waals surface area contributed by atoms with E-state index in [1.54, 1.807) is 0 Å².